The fourth-order valence-electron chi connectivity index (χ4n) is 3.17. The molecule has 1 saturated heterocycles. The van der Waals surface area contributed by atoms with Gasteiger partial charge in [-0.2, -0.15) is 0 Å². The van der Waals surface area contributed by atoms with Crippen molar-refractivity contribution in [2.75, 3.05) is 25.0 Å². The molecule has 3 amide bonds. The van der Waals surface area contributed by atoms with Gasteiger partial charge in [-0.05, 0) is 48.9 Å². The molecule has 1 aliphatic heterocycles. The summed E-state index contributed by atoms with van der Waals surface area (Å²) < 4.78 is 18.4. The SMILES string of the molecule is CCOc1ccc(NC(=O)NCC2CC(=O)N(Cc3ccc(F)cc3)C2)cc1. The van der Waals surface area contributed by atoms with Crippen molar-refractivity contribution < 1.29 is 18.7 Å². The minimum absolute atomic E-state index is 0.0445. The van der Waals surface area contributed by atoms with Gasteiger partial charge in [-0.25, -0.2) is 9.18 Å². The number of halogens is 1. The van der Waals surface area contributed by atoms with Crippen molar-refractivity contribution in [3.63, 3.8) is 0 Å². The zero-order chi connectivity index (χ0) is 19.9. The molecule has 2 aromatic rings. The Hall–Kier alpha value is -3.09. The van der Waals surface area contributed by atoms with Crippen LogP contribution in [-0.4, -0.2) is 36.5 Å². The molecule has 0 aromatic heterocycles. The second-order valence-corrected chi connectivity index (χ2v) is 6.76. The standard InChI is InChI=1S/C21H24FN3O3/c1-2-28-19-9-7-18(8-10-19)24-21(27)23-12-16-11-20(26)25(14-16)13-15-3-5-17(22)6-4-15/h3-10,16H,2,11-14H2,1H3,(H2,23,24,27). The van der Waals surface area contributed by atoms with Crippen molar-refractivity contribution in [3.05, 3.63) is 59.9 Å². The van der Waals surface area contributed by atoms with Crippen molar-refractivity contribution in [2.45, 2.75) is 19.9 Å². The molecule has 3 rings (SSSR count). The second-order valence-electron chi connectivity index (χ2n) is 6.76. The number of nitrogens with zero attached hydrogens (tertiary/aromatic N) is 1. The largest absolute Gasteiger partial charge is 0.494 e. The van der Waals surface area contributed by atoms with Crippen LogP contribution >= 0.6 is 0 Å². The molecule has 2 N–H and O–H groups in total. The molecule has 2 aromatic carbocycles. The van der Waals surface area contributed by atoms with Crippen LogP contribution in [0.2, 0.25) is 0 Å². The molecule has 1 fully saturated rings. The summed E-state index contributed by atoms with van der Waals surface area (Å²) in [5.74, 6) is 0.554. The topological polar surface area (TPSA) is 70.7 Å². The summed E-state index contributed by atoms with van der Waals surface area (Å²) in [7, 11) is 0. The van der Waals surface area contributed by atoms with Crippen LogP contribution in [0.4, 0.5) is 14.9 Å². The smallest absolute Gasteiger partial charge is 0.319 e. The summed E-state index contributed by atoms with van der Waals surface area (Å²) in [6.07, 6.45) is 0.393. The monoisotopic (exact) mass is 385 g/mol. The third-order valence-corrected chi connectivity index (χ3v) is 4.56. The van der Waals surface area contributed by atoms with Crippen LogP contribution in [0.1, 0.15) is 18.9 Å². The quantitative estimate of drug-likeness (QED) is 0.768. The summed E-state index contributed by atoms with van der Waals surface area (Å²) in [4.78, 5) is 26.0. The number of nitrogens with one attached hydrogen (secondary N) is 2. The normalized spacial score (nSPS) is 16.1. The van der Waals surface area contributed by atoms with E-state index in [4.69, 9.17) is 4.74 Å². The maximum atomic E-state index is 13.0. The van der Waals surface area contributed by atoms with Gasteiger partial charge >= 0.3 is 6.03 Å². The predicted octanol–water partition coefficient (Wildman–Crippen LogP) is 3.39. The van der Waals surface area contributed by atoms with Crippen molar-refractivity contribution in [3.8, 4) is 5.75 Å². The first kappa shape index (κ1) is 19.7. The molecular formula is C21H24FN3O3. The van der Waals surface area contributed by atoms with E-state index in [0.717, 1.165) is 11.3 Å². The maximum absolute atomic E-state index is 13.0. The molecule has 0 bridgehead atoms. The Morgan fingerprint density at radius 2 is 1.89 bits per heavy atom. The van der Waals surface area contributed by atoms with Gasteiger partial charge in [-0.15, -0.1) is 0 Å². The van der Waals surface area contributed by atoms with E-state index < -0.39 is 0 Å². The number of hydrogen-bond acceptors (Lipinski definition) is 3. The molecule has 6 nitrogen and oxygen atoms in total. The first-order valence-electron chi connectivity index (χ1n) is 9.33. The Balaban J connectivity index is 1.43. The van der Waals surface area contributed by atoms with Crippen LogP contribution in [-0.2, 0) is 11.3 Å². The summed E-state index contributed by atoms with van der Waals surface area (Å²) >= 11 is 0. The minimum Gasteiger partial charge on any atom is -0.494 e. The van der Waals surface area contributed by atoms with E-state index in [2.05, 4.69) is 10.6 Å². The lowest BCUT2D eigenvalue weighted by molar-refractivity contribution is -0.128. The summed E-state index contributed by atoms with van der Waals surface area (Å²) in [6, 6.07) is 13.0. The van der Waals surface area contributed by atoms with E-state index in [0.29, 0.717) is 38.3 Å². The number of anilines is 1. The number of benzene rings is 2. The Bertz CT molecular complexity index is 809. The van der Waals surface area contributed by atoms with E-state index >= 15 is 0 Å². The number of amides is 3. The lowest BCUT2D eigenvalue weighted by Crippen LogP contribution is -2.34. The molecular weight excluding hydrogens is 361 g/mol. The van der Waals surface area contributed by atoms with E-state index in [1.165, 1.54) is 12.1 Å². The highest BCUT2D eigenvalue weighted by Crippen LogP contribution is 2.20. The first-order chi connectivity index (χ1) is 13.5. The van der Waals surface area contributed by atoms with Crippen molar-refractivity contribution >= 4 is 17.6 Å². The van der Waals surface area contributed by atoms with Crippen LogP contribution in [0.5, 0.6) is 5.75 Å². The lowest BCUT2D eigenvalue weighted by Gasteiger charge is -2.17. The molecule has 0 spiro atoms. The maximum Gasteiger partial charge on any atom is 0.319 e. The highest BCUT2D eigenvalue weighted by atomic mass is 19.1. The second kappa shape index (κ2) is 9.21. The minimum atomic E-state index is -0.311. The summed E-state index contributed by atoms with van der Waals surface area (Å²) in [5, 5.41) is 5.58. The number of rotatable bonds is 7. The Morgan fingerprint density at radius 1 is 1.18 bits per heavy atom. The van der Waals surface area contributed by atoms with Crippen LogP contribution in [0.15, 0.2) is 48.5 Å². The highest BCUT2D eigenvalue weighted by Gasteiger charge is 2.29. The predicted molar refractivity (Wildman–Crippen MR) is 105 cm³/mol. The summed E-state index contributed by atoms with van der Waals surface area (Å²) in [6.45, 7) is 3.93. The van der Waals surface area contributed by atoms with Gasteiger partial charge in [0.2, 0.25) is 5.91 Å². The fraction of sp³-hybridized carbons (Fsp3) is 0.333. The average Bonchev–Trinajstić information content (AvgIpc) is 3.03. The Labute approximate surface area is 163 Å². The fourth-order valence-corrected chi connectivity index (χ4v) is 3.17. The molecule has 0 saturated carbocycles. The molecule has 0 aliphatic carbocycles. The third-order valence-electron chi connectivity index (χ3n) is 4.56. The van der Waals surface area contributed by atoms with Crippen molar-refractivity contribution in [2.24, 2.45) is 5.92 Å². The number of carbonyl (C=O) groups excluding carboxylic acids is 2. The van der Waals surface area contributed by atoms with Crippen molar-refractivity contribution in [1.82, 2.24) is 10.2 Å². The van der Waals surface area contributed by atoms with Gasteiger partial charge in [0.25, 0.3) is 0 Å². The Morgan fingerprint density at radius 3 is 2.57 bits per heavy atom. The molecule has 1 unspecified atom stereocenters. The van der Waals surface area contributed by atoms with E-state index in [9.17, 15) is 14.0 Å². The highest BCUT2D eigenvalue weighted by molar-refractivity contribution is 5.89. The third kappa shape index (κ3) is 5.45. The van der Waals surface area contributed by atoms with Crippen LogP contribution in [0.3, 0.4) is 0 Å². The molecule has 1 heterocycles. The molecule has 148 valence electrons. The number of likely N-dealkylation sites (tertiary alicyclic amines) is 1. The molecule has 1 aliphatic rings. The molecule has 0 radical (unpaired) electrons. The van der Waals surface area contributed by atoms with Gasteiger partial charge in [-0.1, -0.05) is 12.1 Å². The number of carbonyl (C=O) groups is 2. The van der Waals surface area contributed by atoms with Gasteiger partial charge < -0.3 is 20.3 Å². The van der Waals surface area contributed by atoms with Crippen LogP contribution in [0.25, 0.3) is 0 Å². The first-order valence-corrected chi connectivity index (χ1v) is 9.33. The van der Waals surface area contributed by atoms with Crippen LogP contribution in [0, 0.1) is 11.7 Å². The van der Waals surface area contributed by atoms with Gasteiger partial charge in [0.1, 0.15) is 11.6 Å². The molecule has 7 heteroatoms. The van der Waals surface area contributed by atoms with Gasteiger partial charge in [0, 0.05) is 37.7 Å². The zero-order valence-corrected chi connectivity index (χ0v) is 15.8. The molecule has 28 heavy (non-hydrogen) atoms. The number of hydrogen-bond donors (Lipinski definition) is 2. The number of ether oxygens (including phenoxy) is 1. The Kier molecular flexibility index (Phi) is 6.47. The van der Waals surface area contributed by atoms with E-state index in [-0.39, 0.29) is 23.7 Å². The zero-order valence-electron chi connectivity index (χ0n) is 15.8. The average molecular weight is 385 g/mol. The number of urea groups is 1. The van der Waals surface area contributed by atoms with Crippen molar-refractivity contribution in [1.29, 1.82) is 0 Å². The van der Waals surface area contributed by atoms with E-state index in [1.54, 1.807) is 41.3 Å². The van der Waals surface area contributed by atoms with Gasteiger partial charge in [0.15, 0.2) is 0 Å². The van der Waals surface area contributed by atoms with Gasteiger partial charge in [0.05, 0.1) is 6.61 Å². The van der Waals surface area contributed by atoms with Gasteiger partial charge in [-0.3, -0.25) is 4.79 Å². The van der Waals surface area contributed by atoms with Crippen LogP contribution < -0.4 is 15.4 Å². The summed E-state index contributed by atoms with van der Waals surface area (Å²) in [5.41, 5.74) is 1.55. The lowest BCUT2D eigenvalue weighted by atomic mass is 10.1. The molecule has 1 atom stereocenters. The van der Waals surface area contributed by atoms with E-state index in [1.807, 2.05) is 6.92 Å².